The molecule has 8 heteroatoms. The van der Waals surface area contributed by atoms with Gasteiger partial charge in [0.2, 0.25) is 5.91 Å². The van der Waals surface area contributed by atoms with Gasteiger partial charge in [0.1, 0.15) is 11.4 Å². The van der Waals surface area contributed by atoms with Gasteiger partial charge < -0.3 is 14.8 Å². The molecule has 1 aliphatic rings. The summed E-state index contributed by atoms with van der Waals surface area (Å²) in [5, 5.41) is 3.38. The third-order valence-corrected chi connectivity index (χ3v) is 5.62. The molecule has 0 bridgehead atoms. The molecule has 140 valence electrons. The van der Waals surface area contributed by atoms with E-state index in [9.17, 15) is 9.59 Å². The molecule has 1 aromatic carbocycles. The van der Waals surface area contributed by atoms with Crippen molar-refractivity contribution in [3.8, 4) is 11.5 Å². The Hall–Kier alpha value is -2.87. The quantitative estimate of drug-likeness (QED) is 0.750. The Morgan fingerprint density at radius 3 is 2.85 bits per heavy atom. The maximum absolute atomic E-state index is 12.7. The Kier molecular flexibility index (Phi) is 4.57. The fraction of sp³-hybridized carbons (Fsp3) is 0.316. The number of nitrogens with one attached hydrogen (secondary N) is 1. The van der Waals surface area contributed by atoms with Crippen LogP contribution in [0.25, 0.3) is 10.2 Å². The molecule has 0 atom stereocenters. The summed E-state index contributed by atoms with van der Waals surface area (Å²) in [7, 11) is 0. The zero-order valence-electron chi connectivity index (χ0n) is 15.1. The highest BCUT2D eigenvalue weighted by atomic mass is 32.1. The first-order chi connectivity index (χ1) is 13.0. The lowest BCUT2D eigenvalue weighted by atomic mass is 10.2. The van der Waals surface area contributed by atoms with E-state index in [1.807, 2.05) is 13.8 Å². The normalized spacial score (nSPS) is 13.4. The molecule has 3 heterocycles. The molecule has 1 amide bonds. The van der Waals surface area contributed by atoms with Crippen molar-refractivity contribution < 1.29 is 14.3 Å². The fourth-order valence-electron chi connectivity index (χ4n) is 2.98. The Morgan fingerprint density at radius 1 is 1.26 bits per heavy atom. The largest absolute Gasteiger partial charge is 0.490 e. The predicted octanol–water partition coefficient (Wildman–Crippen LogP) is 2.87. The van der Waals surface area contributed by atoms with Gasteiger partial charge in [-0.25, -0.2) is 4.98 Å². The SMILES string of the molecule is Cc1sc2ncn(CC(=O)Nc3ccc4c(c3)OCCCO4)c(=O)c2c1C. The van der Waals surface area contributed by atoms with Crippen LogP contribution in [-0.2, 0) is 11.3 Å². The van der Waals surface area contributed by atoms with Crippen LogP contribution in [0, 0.1) is 13.8 Å². The topological polar surface area (TPSA) is 82.5 Å². The van der Waals surface area contributed by atoms with Crippen molar-refractivity contribution in [2.24, 2.45) is 0 Å². The minimum Gasteiger partial charge on any atom is -0.490 e. The Labute approximate surface area is 159 Å². The zero-order chi connectivity index (χ0) is 19.0. The molecule has 0 saturated heterocycles. The lowest BCUT2D eigenvalue weighted by Gasteiger charge is -2.11. The third-order valence-electron chi connectivity index (χ3n) is 4.50. The van der Waals surface area contributed by atoms with E-state index in [0.29, 0.717) is 40.6 Å². The number of aryl methyl sites for hydroxylation is 2. The average molecular weight is 385 g/mol. The smallest absolute Gasteiger partial charge is 0.262 e. The van der Waals surface area contributed by atoms with E-state index in [-0.39, 0.29) is 18.0 Å². The highest BCUT2D eigenvalue weighted by Crippen LogP contribution is 2.32. The van der Waals surface area contributed by atoms with Gasteiger partial charge in [-0.3, -0.25) is 14.2 Å². The van der Waals surface area contributed by atoms with E-state index < -0.39 is 0 Å². The van der Waals surface area contributed by atoms with Gasteiger partial charge >= 0.3 is 0 Å². The second-order valence-corrected chi connectivity index (χ2v) is 7.60. The first-order valence-corrected chi connectivity index (χ1v) is 9.49. The molecule has 7 nitrogen and oxygen atoms in total. The average Bonchev–Trinajstić information content (AvgIpc) is 2.81. The number of nitrogens with zero attached hydrogens (tertiary/aromatic N) is 2. The Bertz CT molecular complexity index is 1090. The molecule has 1 aliphatic heterocycles. The van der Waals surface area contributed by atoms with Crippen LogP contribution in [0.4, 0.5) is 5.69 Å². The molecule has 0 radical (unpaired) electrons. The van der Waals surface area contributed by atoms with Crippen LogP contribution in [0.15, 0.2) is 29.3 Å². The van der Waals surface area contributed by atoms with Gasteiger partial charge in [0.05, 0.1) is 24.9 Å². The molecule has 0 spiro atoms. The van der Waals surface area contributed by atoms with Gasteiger partial charge in [-0.2, -0.15) is 0 Å². The van der Waals surface area contributed by atoms with Crippen molar-refractivity contribution >= 4 is 33.1 Å². The van der Waals surface area contributed by atoms with E-state index in [2.05, 4.69) is 10.3 Å². The van der Waals surface area contributed by atoms with Gasteiger partial charge in [-0.1, -0.05) is 0 Å². The number of carbonyl (C=O) groups is 1. The molecule has 0 saturated carbocycles. The number of amides is 1. The molecule has 27 heavy (non-hydrogen) atoms. The van der Waals surface area contributed by atoms with Crippen LogP contribution in [0.3, 0.4) is 0 Å². The van der Waals surface area contributed by atoms with Crippen LogP contribution in [-0.4, -0.2) is 28.7 Å². The summed E-state index contributed by atoms with van der Waals surface area (Å²) >= 11 is 1.49. The second kappa shape index (κ2) is 7.03. The molecule has 0 fully saturated rings. The first kappa shape index (κ1) is 17.5. The third kappa shape index (κ3) is 3.40. The van der Waals surface area contributed by atoms with Crippen LogP contribution in [0.5, 0.6) is 11.5 Å². The number of benzene rings is 1. The molecular weight excluding hydrogens is 366 g/mol. The summed E-state index contributed by atoms with van der Waals surface area (Å²) in [4.78, 5) is 31.2. The van der Waals surface area contributed by atoms with E-state index >= 15 is 0 Å². The molecule has 0 unspecified atom stereocenters. The fourth-order valence-corrected chi connectivity index (χ4v) is 3.97. The van der Waals surface area contributed by atoms with Crippen molar-refractivity contribution in [3.63, 3.8) is 0 Å². The second-order valence-electron chi connectivity index (χ2n) is 6.40. The highest BCUT2D eigenvalue weighted by molar-refractivity contribution is 7.18. The lowest BCUT2D eigenvalue weighted by Crippen LogP contribution is -2.27. The number of carbonyl (C=O) groups excluding carboxylic acids is 1. The molecule has 2 aromatic heterocycles. The number of fused-ring (bicyclic) bond motifs is 2. The van der Waals surface area contributed by atoms with Crippen molar-refractivity contribution in [1.82, 2.24) is 9.55 Å². The van der Waals surface area contributed by atoms with Gasteiger partial charge in [0, 0.05) is 23.1 Å². The standard InChI is InChI=1S/C19H19N3O4S/c1-11-12(2)27-18-17(11)19(24)22(10-20-18)9-16(23)21-13-4-5-14-15(8-13)26-7-3-6-25-14/h4-5,8,10H,3,6-7,9H2,1-2H3,(H,21,23). The van der Waals surface area contributed by atoms with Gasteiger partial charge in [-0.05, 0) is 31.5 Å². The highest BCUT2D eigenvalue weighted by Gasteiger charge is 2.15. The summed E-state index contributed by atoms with van der Waals surface area (Å²) < 4.78 is 12.5. The Morgan fingerprint density at radius 2 is 2.04 bits per heavy atom. The number of hydrogen-bond acceptors (Lipinski definition) is 6. The molecule has 4 rings (SSSR count). The molecular formula is C19H19N3O4S. The van der Waals surface area contributed by atoms with Crippen LogP contribution >= 0.6 is 11.3 Å². The van der Waals surface area contributed by atoms with Gasteiger partial charge in [0.25, 0.3) is 5.56 Å². The van der Waals surface area contributed by atoms with E-state index in [4.69, 9.17) is 9.47 Å². The van der Waals surface area contributed by atoms with Gasteiger partial charge in [0.15, 0.2) is 11.5 Å². The van der Waals surface area contributed by atoms with Crippen molar-refractivity contribution in [1.29, 1.82) is 0 Å². The molecule has 3 aromatic rings. The van der Waals surface area contributed by atoms with Crippen molar-refractivity contribution in [3.05, 3.63) is 45.3 Å². The molecule has 0 aliphatic carbocycles. The van der Waals surface area contributed by atoms with Crippen LogP contribution < -0.4 is 20.3 Å². The summed E-state index contributed by atoms with van der Waals surface area (Å²) in [5.74, 6) is 0.965. The van der Waals surface area contributed by atoms with Crippen LogP contribution in [0.2, 0.25) is 0 Å². The lowest BCUT2D eigenvalue weighted by molar-refractivity contribution is -0.116. The predicted molar refractivity (Wildman–Crippen MR) is 104 cm³/mol. The summed E-state index contributed by atoms with van der Waals surface area (Å²) in [6.07, 6.45) is 2.24. The number of anilines is 1. The summed E-state index contributed by atoms with van der Waals surface area (Å²) in [5.41, 5.74) is 1.31. The number of ether oxygens (including phenoxy) is 2. The first-order valence-electron chi connectivity index (χ1n) is 8.67. The maximum atomic E-state index is 12.7. The number of rotatable bonds is 3. The van der Waals surface area contributed by atoms with Gasteiger partial charge in [-0.15, -0.1) is 11.3 Å². The van der Waals surface area contributed by atoms with E-state index in [1.54, 1.807) is 18.2 Å². The molecule has 1 N–H and O–H groups in total. The maximum Gasteiger partial charge on any atom is 0.262 e. The Balaban J connectivity index is 1.54. The van der Waals surface area contributed by atoms with E-state index in [1.165, 1.54) is 22.2 Å². The van der Waals surface area contributed by atoms with Crippen molar-refractivity contribution in [2.45, 2.75) is 26.8 Å². The van der Waals surface area contributed by atoms with Crippen LogP contribution in [0.1, 0.15) is 16.9 Å². The number of hydrogen-bond donors (Lipinski definition) is 1. The minimum atomic E-state index is -0.308. The summed E-state index contributed by atoms with van der Waals surface area (Å²) in [6.45, 7) is 4.94. The van der Waals surface area contributed by atoms with E-state index in [0.717, 1.165) is 16.9 Å². The number of thiophene rings is 1. The van der Waals surface area contributed by atoms with Crippen molar-refractivity contribution in [2.75, 3.05) is 18.5 Å². The monoisotopic (exact) mass is 385 g/mol. The number of aromatic nitrogens is 2. The zero-order valence-corrected chi connectivity index (χ0v) is 15.9. The summed E-state index contributed by atoms with van der Waals surface area (Å²) in [6, 6.07) is 5.25. The minimum absolute atomic E-state index is 0.107.